The number of hydrogen-bond acceptors (Lipinski definition) is 6. The van der Waals surface area contributed by atoms with Gasteiger partial charge in [0.05, 0.1) is 5.69 Å². The highest BCUT2D eigenvalue weighted by molar-refractivity contribution is 5.96. The first kappa shape index (κ1) is 17.7. The van der Waals surface area contributed by atoms with Crippen LogP contribution >= 0.6 is 0 Å². The van der Waals surface area contributed by atoms with E-state index in [-0.39, 0.29) is 5.89 Å². The van der Waals surface area contributed by atoms with Gasteiger partial charge in [-0.3, -0.25) is 0 Å². The van der Waals surface area contributed by atoms with E-state index in [4.69, 9.17) is 9.26 Å². The minimum atomic E-state index is -0.669. The summed E-state index contributed by atoms with van der Waals surface area (Å²) in [7, 11) is 0. The molecule has 0 fully saturated rings. The monoisotopic (exact) mass is 374 g/mol. The van der Waals surface area contributed by atoms with Crippen LogP contribution in [0.1, 0.15) is 35.1 Å². The van der Waals surface area contributed by atoms with E-state index in [2.05, 4.69) is 15.2 Å². The fourth-order valence-corrected chi connectivity index (χ4v) is 2.80. The molecule has 0 saturated carbocycles. The Kier molecular flexibility index (Phi) is 4.72. The smallest absolute Gasteiger partial charge is 0.342 e. The molecule has 0 amide bonds. The topological polar surface area (TPSA) is 83.0 Å². The van der Waals surface area contributed by atoms with Crippen LogP contribution in [0.2, 0.25) is 0 Å². The van der Waals surface area contributed by atoms with Crippen molar-refractivity contribution >= 4 is 5.97 Å². The third kappa shape index (κ3) is 3.55. The maximum atomic E-state index is 12.9. The first-order valence-electron chi connectivity index (χ1n) is 8.83. The number of para-hydroxylation sites is 1. The number of esters is 1. The zero-order valence-electron chi connectivity index (χ0n) is 15.4. The van der Waals surface area contributed by atoms with Gasteiger partial charge in [-0.05, 0) is 26.0 Å². The number of carbonyl (C=O) groups excluding carboxylic acids is 1. The third-order valence-corrected chi connectivity index (χ3v) is 4.18. The van der Waals surface area contributed by atoms with E-state index in [9.17, 15) is 4.79 Å². The fourth-order valence-electron chi connectivity index (χ4n) is 2.80. The lowest BCUT2D eigenvalue weighted by Crippen LogP contribution is -2.10. The van der Waals surface area contributed by atoms with Crippen LogP contribution in [0.15, 0.2) is 71.4 Å². The predicted molar refractivity (Wildman–Crippen MR) is 102 cm³/mol. The van der Waals surface area contributed by atoms with Crippen molar-refractivity contribution in [3.8, 4) is 16.9 Å². The summed E-state index contributed by atoms with van der Waals surface area (Å²) in [6.45, 7) is 3.40. The van der Waals surface area contributed by atoms with E-state index in [0.717, 1.165) is 11.3 Å². The second-order valence-electron chi connectivity index (χ2n) is 6.26. The number of carbonyl (C=O) groups is 1. The zero-order chi connectivity index (χ0) is 19.5. The normalized spacial score (nSPS) is 11.9. The van der Waals surface area contributed by atoms with Gasteiger partial charge >= 0.3 is 5.97 Å². The van der Waals surface area contributed by atoms with Crippen molar-refractivity contribution in [3.63, 3.8) is 0 Å². The second-order valence-corrected chi connectivity index (χ2v) is 6.26. The van der Waals surface area contributed by atoms with Gasteiger partial charge in [0.1, 0.15) is 11.3 Å². The van der Waals surface area contributed by atoms with E-state index in [1.54, 1.807) is 24.7 Å². The molecule has 0 aliphatic rings. The van der Waals surface area contributed by atoms with E-state index >= 15 is 0 Å². The lowest BCUT2D eigenvalue weighted by atomic mass is 10.1. The van der Waals surface area contributed by atoms with E-state index < -0.39 is 12.1 Å². The van der Waals surface area contributed by atoms with Crippen molar-refractivity contribution in [2.75, 3.05) is 0 Å². The molecule has 140 valence electrons. The maximum absolute atomic E-state index is 12.9. The van der Waals surface area contributed by atoms with Gasteiger partial charge in [-0.25, -0.2) is 9.48 Å². The summed E-state index contributed by atoms with van der Waals surface area (Å²) in [6.07, 6.45) is 1.00. The van der Waals surface area contributed by atoms with Crippen molar-refractivity contribution in [1.29, 1.82) is 0 Å². The number of rotatable bonds is 5. The number of hydrogen-bond donors (Lipinski definition) is 0. The Hall–Kier alpha value is -3.74. The average molecular weight is 374 g/mol. The van der Waals surface area contributed by atoms with Crippen LogP contribution in [-0.4, -0.2) is 25.9 Å². The Morgan fingerprint density at radius 1 is 1.07 bits per heavy atom. The molecule has 28 heavy (non-hydrogen) atoms. The minimum absolute atomic E-state index is 0.252. The second kappa shape index (κ2) is 7.48. The highest BCUT2D eigenvalue weighted by Crippen LogP contribution is 2.26. The van der Waals surface area contributed by atoms with Gasteiger partial charge in [-0.15, -0.1) is 0 Å². The van der Waals surface area contributed by atoms with Crippen molar-refractivity contribution in [2.24, 2.45) is 0 Å². The van der Waals surface area contributed by atoms with Gasteiger partial charge in [0, 0.05) is 11.8 Å². The van der Waals surface area contributed by atoms with Gasteiger partial charge in [-0.2, -0.15) is 10.1 Å². The SMILES string of the molecule is Cc1noc(C(C)OC(=O)c2cn(-c3ccccc3)nc2-c2ccccc2)n1. The highest BCUT2D eigenvalue weighted by atomic mass is 16.6. The Morgan fingerprint density at radius 3 is 2.39 bits per heavy atom. The van der Waals surface area contributed by atoms with E-state index in [1.807, 2.05) is 60.7 Å². The molecular weight excluding hydrogens is 356 g/mol. The molecule has 0 saturated heterocycles. The van der Waals surface area contributed by atoms with Gasteiger partial charge in [0.25, 0.3) is 5.89 Å². The standard InChI is InChI=1S/C21H18N4O3/c1-14(20-22-15(2)24-28-20)27-21(26)18-13-25(17-11-7-4-8-12-17)23-19(18)16-9-5-3-6-10-16/h3-14H,1-2H3. The molecule has 1 unspecified atom stereocenters. The Balaban J connectivity index is 1.70. The summed E-state index contributed by atoms with van der Waals surface area (Å²) in [4.78, 5) is 17.0. The van der Waals surface area contributed by atoms with Gasteiger partial charge < -0.3 is 9.26 Å². The molecule has 4 rings (SSSR count). The molecule has 2 aromatic heterocycles. The average Bonchev–Trinajstić information content (AvgIpc) is 3.36. The summed E-state index contributed by atoms with van der Waals surface area (Å²) in [6, 6.07) is 19.1. The van der Waals surface area contributed by atoms with Crippen LogP contribution in [0.5, 0.6) is 0 Å². The molecule has 7 heteroatoms. The van der Waals surface area contributed by atoms with Crippen LogP contribution in [0.25, 0.3) is 16.9 Å². The minimum Gasteiger partial charge on any atom is -0.449 e. The number of aromatic nitrogens is 4. The molecule has 0 aliphatic heterocycles. The molecular formula is C21H18N4O3. The number of benzene rings is 2. The quantitative estimate of drug-likeness (QED) is 0.488. The number of aryl methyl sites for hydroxylation is 1. The van der Waals surface area contributed by atoms with Gasteiger partial charge in [0.15, 0.2) is 11.9 Å². The molecule has 0 aliphatic carbocycles. The molecule has 4 aromatic rings. The van der Waals surface area contributed by atoms with E-state index in [0.29, 0.717) is 17.1 Å². The lowest BCUT2D eigenvalue weighted by molar-refractivity contribution is 0.0266. The van der Waals surface area contributed by atoms with Gasteiger partial charge in [0.2, 0.25) is 0 Å². The maximum Gasteiger partial charge on any atom is 0.342 e. The Morgan fingerprint density at radius 2 is 1.75 bits per heavy atom. The zero-order valence-corrected chi connectivity index (χ0v) is 15.4. The number of nitrogens with zero attached hydrogens (tertiary/aromatic N) is 4. The molecule has 0 spiro atoms. The van der Waals surface area contributed by atoms with Crippen molar-refractivity contribution in [2.45, 2.75) is 20.0 Å². The molecule has 1 atom stereocenters. The first-order valence-corrected chi connectivity index (χ1v) is 8.83. The van der Waals surface area contributed by atoms with Crippen LogP contribution in [-0.2, 0) is 4.74 Å². The Labute approximate surface area is 161 Å². The van der Waals surface area contributed by atoms with Crippen molar-refractivity contribution in [1.82, 2.24) is 19.9 Å². The predicted octanol–water partition coefficient (Wildman–Crippen LogP) is 4.15. The summed E-state index contributed by atoms with van der Waals surface area (Å²) in [5.41, 5.74) is 2.58. The molecule has 7 nitrogen and oxygen atoms in total. The molecule has 0 radical (unpaired) electrons. The lowest BCUT2D eigenvalue weighted by Gasteiger charge is -2.09. The van der Waals surface area contributed by atoms with Crippen molar-refractivity contribution in [3.05, 3.63) is 84.1 Å². The highest BCUT2D eigenvalue weighted by Gasteiger charge is 2.24. The molecule has 0 N–H and O–H groups in total. The van der Waals surface area contributed by atoms with E-state index in [1.165, 1.54) is 0 Å². The third-order valence-electron chi connectivity index (χ3n) is 4.18. The molecule has 2 heterocycles. The Bertz CT molecular complexity index is 1090. The molecule has 2 aromatic carbocycles. The summed E-state index contributed by atoms with van der Waals surface area (Å²) in [5, 5.41) is 8.35. The van der Waals surface area contributed by atoms with Crippen LogP contribution < -0.4 is 0 Å². The summed E-state index contributed by atoms with van der Waals surface area (Å²) < 4.78 is 12.3. The first-order chi connectivity index (χ1) is 13.6. The van der Waals surface area contributed by atoms with Crippen LogP contribution in [0, 0.1) is 6.92 Å². The largest absolute Gasteiger partial charge is 0.449 e. The number of ether oxygens (including phenoxy) is 1. The summed E-state index contributed by atoms with van der Waals surface area (Å²) in [5.74, 6) is 0.228. The van der Waals surface area contributed by atoms with Crippen LogP contribution in [0.3, 0.4) is 0 Å². The van der Waals surface area contributed by atoms with Gasteiger partial charge in [-0.1, -0.05) is 53.7 Å². The molecule has 0 bridgehead atoms. The summed E-state index contributed by atoms with van der Waals surface area (Å²) >= 11 is 0. The fraction of sp³-hybridized carbons (Fsp3) is 0.143. The van der Waals surface area contributed by atoms with Crippen LogP contribution in [0.4, 0.5) is 0 Å². The van der Waals surface area contributed by atoms with Crippen molar-refractivity contribution < 1.29 is 14.1 Å².